The second-order valence-electron chi connectivity index (χ2n) is 3.98. The van der Waals surface area contributed by atoms with Crippen molar-refractivity contribution in [2.75, 3.05) is 11.5 Å². The van der Waals surface area contributed by atoms with Gasteiger partial charge in [0.1, 0.15) is 5.82 Å². The van der Waals surface area contributed by atoms with Crippen LogP contribution < -0.4 is 0 Å². The fourth-order valence-electron chi connectivity index (χ4n) is 1.38. The summed E-state index contributed by atoms with van der Waals surface area (Å²) in [7, 11) is 0. The Balaban J connectivity index is 2.55. The van der Waals surface area contributed by atoms with Gasteiger partial charge in [-0.1, -0.05) is 32.5 Å². The quantitative estimate of drug-likeness (QED) is 0.603. The number of rotatable bonds is 7. The molecule has 0 radical (unpaired) electrons. The van der Waals surface area contributed by atoms with Crippen molar-refractivity contribution < 1.29 is 0 Å². The molecule has 0 aliphatic heterocycles. The van der Waals surface area contributed by atoms with E-state index in [9.17, 15) is 0 Å². The molecular formula is C11H20N2S3. The molecule has 0 saturated heterocycles. The first-order chi connectivity index (χ1) is 7.69. The highest BCUT2D eigenvalue weighted by molar-refractivity contribution is 8.01. The van der Waals surface area contributed by atoms with Crippen molar-refractivity contribution in [3.05, 3.63) is 5.82 Å². The van der Waals surface area contributed by atoms with E-state index in [-0.39, 0.29) is 0 Å². The van der Waals surface area contributed by atoms with Crippen LogP contribution in [0.2, 0.25) is 0 Å². The van der Waals surface area contributed by atoms with E-state index < -0.39 is 0 Å². The SMILES string of the molecule is CCc1nsc(SCC(CC)(CC)CS)n1. The van der Waals surface area contributed by atoms with Crippen LogP contribution in [0.1, 0.15) is 39.4 Å². The zero-order valence-electron chi connectivity index (χ0n) is 10.2. The third-order valence-electron chi connectivity index (χ3n) is 3.10. The van der Waals surface area contributed by atoms with E-state index in [0.29, 0.717) is 5.41 Å². The Hall–Kier alpha value is 0.260. The summed E-state index contributed by atoms with van der Waals surface area (Å²) in [6.07, 6.45) is 3.29. The topological polar surface area (TPSA) is 25.8 Å². The average Bonchev–Trinajstić information content (AvgIpc) is 2.80. The fraction of sp³-hybridized carbons (Fsp3) is 0.818. The van der Waals surface area contributed by atoms with E-state index in [0.717, 1.165) is 28.1 Å². The molecule has 16 heavy (non-hydrogen) atoms. The van der Waals surface area contributed by atoms with Crippen LogP contribution in [0, 0.1) is 5.41 Å². The van der Waals surface area contributed by atoms with Gasteiger partial charge in [0, 0.05) is 12.2 Å². The molecule has 0 aliphatic carbocycles. The van der Waals surface area contributed by atoms with Crippen LogP contribution in [0.3, 0.4) is 0 Å². The molecule has 1 aromatic heterocycles. The highest BCUT2D eigenvalue weighted by atomic mass is 32.2. The van der Waals surface area contributed by atoms with Crippen molar-refractivity contribution in [3.8, 4) is 0 Å². The molecule has 0 unspecified atom stereocenters. The Morgan fingerprint density at radius 3 is 2.44 bits per heavy atom. The molecule has 0 aromatic carbocycles. The van der Waals surface area contributed by atoms with Gasteiger partial charge in [-0.15, -0.1) is 0 Å². The summed E-state index contributed by atoms with van der Waals surface area (Å²) in [6, 6.07) is 0. The number of thioether (sulfide) groups is 1. The van der Waals surface area contributed by atoms with Gasteiger partial charge >= 0.3 is 0 Å². The molecule has 0 aliphatic rings. The highest BCUT2D eigenvalue weighted by Gasteiger charge is 2.25. The van der Waals surface area contributed by atoms with Gasteiger partial charge < -0.3 is 0 Å². The lowest BCUT2D eigenvalue weighted by Gasteiger charge is -2.28. The van der Waals surface area contributed by atoms with E-state index in [1.807, 2.05) is 11.8 Å². The third kappa shape index (κ3) is 3.64. The van der Waals surface area contributed by atoms with Crippen molar-refractivity contribution in [1.82, 2.24) is 9.36 Å². The molecule has 0 spiro atoms. The number of aromatic nitrogens is 2. The lowest BCUT2D eigenvalue weighted by molar-refractivity contribution is 0.357. The summed E-state index contributed by atoms with van der Waals surface area (Å²) in [5, 5.41) is 0. The zero-order chi connectivity index (χ0) is 12.0. The summed E-state index contributed by atoms with van der Waals surface area (Å²) < 4.78 is 5.41. The number of hydrogen-bond donors (Lipinski definition) is 1. The van der Waals surface area contributed by atoms with Crippen molar-refractivity contribution in [2.45, 2.75) is 44.4 Å². The van der Waals surface area contributed by atoms with Crippen LogP contribution in [0.4, 0.5) is 0 Å². The summed E-state index contributed by atoms with van der Waals surface area (Å²) >= 11 is 7.84. The fourth-order valence-corrected chi connectivity index (χ4v) is 4.20. The maximum absolute atomic E-state index is 4.49. The summed E-state index contributed by atoms with van der Waals surface area (Å²) in [6.45, 7) is 6.59. The molecular weight excluding hydrogens is 256 g/mol. The van der Waals surface area contributed by atoms with Gasteiger partial charge in [0.25, 0.3) is 0 Å². The Labute approximate surface area is 112 Å². The second kappa shape index (κ2) is 6.87. The Morgan fingerprint density at radius 2 is 2.00 bits per heavy atom. The van der Waals surface area contributed by atoms with Crippen molar-refractivity contribution in [1.29, 1.82) is 0 Å². The summed E-state index contributed by atoms with van der Waals surface area (Å²) in [4.78, 5) is 4.48. The normalized spacial score (nSPS) is 12.0. The number of hydrogen-bond acceptors (Lipinski definition) is 5. The lowest BCUT2D eigenvalue weighted by atomic mass is 9.87. The molecule has 5 heteroatoms. The van der Waals surface area contributed by atoms with Crippen LogP contribution >= 0.6 is 35.9 Å². The predicted molar refractivity (Wildman–Crippen MR) is 76.9 cm³/mol. The van der Waals surface area contributed by atoms with Crippen molar-refractivity contribution in [3.63, 3.8) is 0 Å². The molecule has 0 bridgehead atoms. The molecule has 0 amide bonds. The molecule has 1 aromatic rings. The minimum atomic E-state index is 0.353. The zero-order valence-corrected chi connectivity index (χ0v) is 12.7. The molecule has 92 valence electrons. The van der Waals surface area contributed by atoms with Crippen LogP contribution in [-0.4, -0.2) is 20.9 Å². The summed E-state index contributed by atoms with van der Waals surface area (Å²) in [5.41, 5.74) is 0.353. The van der Waals surface area contributed by atoms with Crippen LogP contribution in [0.15, 0.2) is 4.34 Å². The van der Waals surface area contributed by atoms with Gasteiger partial charge in [-0.3, -0.25) is 0 Å². The monoisotopic (exact) mass is 276 g/mol. The third-order valence-corrected chi connectivity index (χ3v) is 6.00. The van der Waals surface area contributed by atoms with Gasteiger partial charge in [0.15, 0.2) is 4.34 Å². The number of aryl methyl sites for hydroxylation is 1. The van der Waals surface area contributed by atoms with Crippen LogP contribution in [0.25, 0.3) is 0 Å². The maximum atomic E-state index is 4.49. The molecule has 0 fully saturated rings. The van der Waals surface area contributed by atoms with Crippen LogP contribution in [0.5, 0.6) is 0 Å². The Bertz CT molecular complexity index is 300. The number of nitrogens with zero attached hydrogens (tertiary/aromatic N) is 2. The van der Waals surface area contributed by atoms with E-state index in [4.69, 9.17) is 0 Å². The summed E-state index contributed by atoms with van der Waals surface area (Å²) in [5.74, 6) is 3.02. The highest BCUT2D eigenvalue weighted by Crippen LogP contribution is 2.35. The molecule has 0 N–H and O–H groups in total. The van der Waals surface area contributed by atoms with Crippen LogP contribution in [-0.2, 0) is 6.42 Å². The van der Waals surface area contributed by atoms with Gasteiger partial charge in [0.2, 0.25) is 0 Å². The average molecular weight is 276 g/mol. The number of thiol groups is 1. The lowest BCUT2D eigenvalue weighted by Crippen LogP contribution is -2.24. The first-order valence-corrected chi connectivity index (χ1v) is 8.15. The first-order valence-electron chi connectivity index (χ1n) is 5.76. The Morgan fingerprint density at radius 1 is 1.31 bits per heavy atom. The maximum Gasteiger partial charge on any atom is 0.170 e. The predicted octanol–water partition coefficient (Wildman–Crippen LogP) is 3.93. The van der Waals surface area contributed by atoms with Gasteiger partial charge in [-0.25, -0.2) is 4.98 Å². The molecule has 2 nitrogen and oxygen atoms in total. The second-order valence-corrected chi connectivity index (χ2v) is 6.27. The van der Waals surface area contributed by atoms with Gasteiger partial charge in [-0.2, -0.15) is 17.0 Å². The molecule has 0 atom stereocenters. The smallest absolute Gasteiger partial charge is 0.170 e. The van der Waals surface area contributed by atoms with Crippen molar-refractivity contribution in [2.24, 2.45) is 5.41 Å². The van der Waals surface area contributed by atoms with E-state index in [2.05, 4.69) is 42.8 Å². The van der Waals surface area contributed by atoms with E-state index in [1.54, 1.807) is 0 Å². The van der Waals surface area contributed by atoms with Gasteiger partial charge in [0.05, 0.1) is 0 Å². The van der Waals surface area contributed by atoms with Crippen molar-refractivity contribution >= 4 is 35.9 Å². The molecule has 0 saturated carbocycles. The standard InChI is InChI=1S/C11H20N2S3/c1-4-9-12-10(16-13-9)15-8-11(5-2,6-3)7-14/h14H,4-8H2,1-3H3. The minimum Gasteiger partial charge on any atom is -0.213 e. The molecule has 1 heterocycles. The van der Waals surface area contributed by atoms with Gasteiger partial charge in [-0.05, 0) is 35.5 Å². The van der Waals surface area contributed by atoms with E-state index in [1.165, 1.54) is 24.4 Å². The largest absolute Gasteiger partial charge is 0.213 e. The Kier molecular flexibility index (Phi) is 6.15. The molecule has 1 rings (SSSR count). The van der Waals surface area contributed by atoms with E-state index >= 15 is 0 Å². The minimum absolute atomic E-state index is 0.353. The first kappa shape index (κ1) is 14.3.